The van der Waals surface area contributed by atoms with Crippen molar-refractivity contribution in [1.29, 1.82) is 0 Å². The Hall–Kier alpha value is -0.620. The van der Waals surface area contributed by atoms with Crippen molar-refractivity contribution in [3.63, 3.8) is 0 Å². The summed E-state index contributed by atoms with van der Waals surface area (Å²) in [6.45, 7) is 5.69. The molecule has 2 unspecified atom stereocenters. The van der Waals surface area contributed by atoms with Gasteiger partial charge in [0.15, 0.2) is 0 Å². The number of carbonyl (C=O) groups is 1. The van der Waals surface area contributed by atoms with Gasteiger partial charge in [-0.15, -0.1) is 12.4 Å². The second-order valence-corrected chi connectivity index (χ2v) is 6.74. The summed E-state index contributed by atoms with van der Waals surface area (Å²) in [5.74, 6) is 0.0820. The Morgan fingerprint density at radius 2 is 2.00 bits per heavy atom. The van der Waals surface area contributed by atoms with Crippen LogP contribution in [-0.2, 0) is 10.2 Å². The Kier molecular flexibility index (Phi) is 6.66. The van der Waals surface area contributed by atoms with E-state index in [4.69, 9.17) is 0 Å². The first kappa shape index (κ1) is 18.4. The second-order valence-electron chi connectivity index (χ2n) is 5.83. The molecule has 0 spiro atoms. The lowest BCUT2D eigenvalue weighted by atomic mass is 9.83. The number of halogens is 2. The van der Waals surface area contributed by atoms with Crippen molar-refractivity contribution in [1.82, 2.24) is 10.6 Å². The fourth-order valence-electron chi connectivity index (χ4n) is 2.37. The zero-order valence-corrected chi connectivity index (χ0v) is 14.6. The van der Waals surface area contributed by atoms with Crippen LogP contribution in [0.3, 0.4) is 0 Å². The average molecular weight is 378 g/mol. The summed E-state index contributed by atoms with van der Waals surface area (Å²) < 4.78 is 0.998. The molecule has 1 aromatic rings. The molecule has 2 atom stereocenters. The minimum atomic E-state index is -0.586. The first-order valence-corrected chi connectivity index (χ1v) is 7.63. The van der Waals surface area contributed by atoms with E-state index in [0.29, 0.717) is 13.1 Å². The normalized spacial score (nSPS) is 21.7. The molecule has 118 valence electrons. The Morgan fingerprint density at radius 1 is 1.38 bits per heavy atom. The van der Waals surface area contributed by atoms with Gasteiger partial charge in [-0.3, -0.25) is 4.79 Å². The molecular weight excluding hydrogens is 356 g/mol. The minimum Gasteiger partial charge on any atom is -0.391 e. The van der Waals surface area contributed by atoms with E-state index in [-0.39, 0.29) is 30.3 Å². The predicted octanol–water partition coefficient (Wildman–Crippen LogP) is 1.85. The van der Waals surface area contributed by atoms with E-state index in [9.17, 15) is 9.90 Å². The van der Waals surface area contributed by atoms with Crippen molar-refractivity contribution in [3.8, 4) is 0 Å². The smallest absolute Gasteiger partial charge is 0.230 e. The van der Waals surface area contributed by atoms with Crippen LogP contribution in [0.2, 0.25) is 0 Å². The third-order valence-corrected chi connectivity index (χ3v) is 4.49. The van der Waals surface area contributed by atoms with Crippen LogP contribution in [-0.4, -0.2) is 36.8 Å². The Balaban J connectivity index is 0.00000220. The van der Waals surface area contributed by atoms with E-state index in [1.807, 2.05) is 38.1 Å². The van der Waals surface area contributed by atoms with Crippen molar-refractivity contribution in [2.24, 2.45) is 5.92 Å². The summed E-state index contributed by atoms with van der Waals surface area (Å²) in [4.78, 5) is 12.4. The zero-order chi connectivity index (χ0) is 14.8. The van der Waals surface area contributed by atoms with Crippen molar-refractivity contribution in [2.45, 2.75) is 25.4 Å². The molecule has 4 nitrogen and oxygen atoms in total. The minimum absolute atomic E-state index is 0. The molecule has 0 aromatic heterocycles. The summed E-state index contributed by atoms with van der Waals surface area (Å²) >= 11 is 3.40. The van der Waals surface area contributed by atoms with Gasteiger partial charge in [0.25, 0.3) is 0 Å². The lowest BCUT2D eigenvalue weighted by molar-refractivity contribution is -0.125. The summed E-state index contributed by atoms with van der Waals surface area (Å²) in [5.41, 5.74) is 0.390. The lowest BCUT2D eigenvalue weighted by Gasteiger charge is -2.25. The van der Waals surface area contributed by atoms with Gasteiger partial charge in [0.2, 0.25) is 5.91 Å². The fraction of sp³-hybridized carbons (Fsp3) is 0.533. The standard InChI is InChI=1S/C15H21BrN2O2.ClH/c1-15(2,11-3-5-12(16)6-4-11)14(20)18-8-10-7-17-9-13(10)19;/h3-6,10,13,17,19H,7-9H2,1-2H3,(H,18,20);1H. The largest absolute Gasteiger partial charge is 0.391 e. The van der Waals surface area contributed by atoms with E-state index in [2.05, 4.69) is 26.6 Å². The molecule has 1 fully saturated rings. The highest BCUT2D eigenvalue weighted by molar-refractivity contribution is 9.10. The Labute approximate surface area is 140 Å². The average Bonchev–Trinajstić information content (AvgIpc) is 2.82. The number of benzene rings is 1. The highest BCUT2D eigenvalue weighted by atomic mass is 79.9. The molecule has 0 saturated carbocycles. The number of hydrogen-bond acceptors (Lipinski definition) is 3. The molecule has 21 heavy (non-hydrogen) atoms. The molecule has 2 rings (SSSR count). The quantitative estimate of drug-likeness (QED) is 0.750. The molecule has 0 radical (unpaired) electrons. The topological polar surface area (TPSA) is 61.4 Å². The molecule has 1 heterocycles. The van der Waals surface area contributed by atoms with Gasteiger partial charge in [-0.05, 0) is 31.5 Å². The molecule has 6 heteroatoms. The van der Waals surface area contributed by atoms with Gasteiger partial charge in [0, 0.05) is 30.0 Å². The fourth-order valence-corrected chi connectivity index (χ4v) is 2.63. The second kappa shape index (κ2) is 7.58. The first-order valence-electron chi connectivity index (χ1n) is 6.84. The van der Waals surface area contributed by atoms with Crippen LogP contribution in [0.25, 0.3) is 0 Å². The van der Waals surface area contributed by atoms with E-state index < -0.39 is 5.41 Å². The van der Waals surface area contributed by atoms with E-state index >= 15 is 0 Å². The Morgan fingerprint density at radius 3 is 2.52 bits per heavy atom. The molecular formula is C15H22BrClN2O2. The van der Waals surface area contributed by atoms with Crippen LogP contribution < -0.4 is 10.6 Å². The van der Waals surface area contributed by atoms with Gasteiger partial charge in [0.05, 0.1) is 11.5 Å². The van der Waals surface area contributed by atoms with Crippen LogP contribution in [0, 0.1) is 5.92 Å². The number of amides is 1. The zero-order valence-electron chi connectivity index (χ0n) is 12.2. The predicted molar refractivity (Wildman–Crippen MR) is 89.8 cm³/mol. The van der Waals surface area contributed by atoms with Crippen LogP contribution in [0.5, 0.6) is 0 Å². The highest BCUT2D eigenvalue weighted by Crippen LogP contribution is 2.25. The van der Waals surface area contributed by atoms with Gasteiger partial charge in [-0.2, -0.15) is 0 Å². The number of aliphatic hydroxyl groups is 1. The van der Waals surface area contributed by atoms with E-state index in [1.54, 1.807) is 0 Å². The van der Waals surface area contributed by atoms with Gasteiger partial charge >= 0.3 is 0 Å². The molecule has 1 aromatic carbocycles. The van der Waals surface area contributed by atoms with Crippen LogP contribution in [0.15, 0.2) is 28.7 Å². The molecule has 3 N–H and O–H groups in total. The maximum Gasteiger partial charge on any atom is 0.230 e. The number of aliphatic hydroxyl groups excluding tert-OH is 1. The molecule has 1 saturated heterocycles. The van der Waals surface area contributed by atoms with Crippen molar-refractivity contribution < 1.29 is 9.90 Å². The van der Waals surface area contributed by atoms with Crippen molar-refractivity contribution >= 4 is 34.2 Å². The molecule has 1 aliphatic heterocycles. The van der Waals surface area contributed by atoms with Gasteiger partial charge in [-0.25, -0.2) is 0 Å². The number of nitrogens with one attached hydrogen (secondary N) is 2. The number of β-amino-alcohol motifs (C(OH)–C–C–N with tert-alkyl or cyclic N) is 1. The third-order valence-electron chi connectivity index (χ3n) is 3.96. The molecule has 0 bridgehead atoms. The number of carbonyl (C=O) groups excluding carboxylic acids is 1. The van der Waals surface area contributed by atoms with Gasteiger partial charge in [0.1, 0.15) is 0 Å². The monoisotopic (exact) mass is 376 g/mol. The summed E-state index contributed by atoms with van der Waals surface area (Å²) in [7, 11) is 0. The SMILES string of the molecule is CC(C)(C(=O)NCC1CNCC1O)c1ccc(Br)cc1.Cl. The Bertz CT molecular complexity index is 479. The number of rotatable bonds is 4. The summed E-state index contributed by atoms with van der Waals surface area (Å²) in [5, 5.41) is 15.8. The van der Waals surface area contributed by atoms with Crippen LogP contribution >= 0.6 is 28.3 Å². The molecule has 1 amide bonds. The van der Waals surface area contributed by atoms with E-state index in [0.717, 1.165) is 16.6 Å². The van der Waals surface area contributed by atoms with Crippen LogP contribution in [0.1, 0.15) is 19.4 Å². The molecule has 1 aliphatic rings. The third kappa shape index (κ3) is 4.42. The highest BCUT2D eigenvalue weighted by Gasteiger charge is 2.31. The van der Waals surface area contributed by atoms with Crippen molar-refractivity contribution in [2.75, 3.05) is 19.6 Å². The van der Waals surface area contributed by atoms with Gasteiger partial charge in [-0.1, -0.05) is 28.1 Å². The first-order chi connectivity index (χ1) is 9.41. The maximum atomic E-state index is 12.4. The molecule has 0 aliphatic carbocycles. The van der Waals surface area contributed by atoms with Gasteiger partial charge < -0.3 is 15.7 Å². The van der Waals surface area contributed by atoms with Crippen LogP contribution in [0.4, 0.5) is 0 Å². The van der Waals surface area contributed by atoms with E-state index in [1.165, 1.54) is 0 Å². The summed E-state index contributed by atoms with van der Waals surface area (Å²) in [6, 6.07) is 7.79. The lowest BCUT2D eigenvalue weighted by Crippen LogP contribution is -2.43. The van der Waals surface area contributed by atoms with Crippen molar-refractivity contribution in [3.05, 3.63) is 34.3 Å². The maximum absolute atomic E-state index is 12.4. The number of hydrogen-bond donors (Lipinski definition) is 3. The summed E-state index contributed by atoms with van der Waals surface area (Å²) in [6.07, 6.45) is -0.369.